The van der Waals surface area contributed by atoms with E-state index in [1.807, 2.05) is 0 Å². The fraction of sp³-hybridized carbons (Fsp3) is 0.167. The summed E-state index contributed by atoms with van der Waals surface area (Å²) in [5.74, 6) is -0.642. The van der Waals surface area contributed by atoms with E-state index in [9.17, 15) is 26.4 Å². The summed E-state index contributed by atoms with van der Waals surface area (Å²) < 4.78 is 64.8. The van der Waals surface area contributed by atoms with E-state index in [-0.39, 0.29) is 17.3 Å². The van der Waals surface area contributed by atoms with Gasteiger partial charge in [-0.2, -0.15) is 13.2 Å². The fourth-order valence-electron chi connectivity index (χ4n) is 2.71. The van der Waals surface area contributed by atoms with Gasteiger partial charge in [-0.3, -0.25) is 9.52 Å². The zero-order valence-corrected chi connectivity index (χ0v) is 15.4. The maximum atomic E-state index is 12.6. The van der Waals surface area contributed by atoms with Crippen molar-refractivity contribution in [2.75, 3.05) is 10.0 Å². The van der Waals surface area contributed by atoms with Crippen molar-refractivity contribution < 1.29 is 26.4 Å². The first-order valence-corrected chi connectivity index (χ1v) is 9.74. The maximum Gasteiger partial charge on any atom is 0.416 e. The molecule has 0 unspecified atom stereocenters. The van der Waals surface area contributed by atoms with Gasteiger partial charge in [-0.05, 0) is 42.0 Å². The van der Waals surface area contributed by atoms with Crippen molar-refractivity contribution >= 4 is 38.2 Å². The summed E-state index contributed by atoms with van der Waals surface area (Å²) in [4.78, 5) is 14.2. The van der Waals surface area contributed by atoms with Crippen LogP contribution in [0.25, 0.3) is 10.9 Å². The van der Waals surface area contributed by atoms with Crippen molar-refractivity contribution in [1.29, 1.82) is 0 Å². The Bertz CT molecular complexity index is 1120. The number of sulfonamides is 1. The predicted molar refractivity (Wildman–Crippen MR) is 100 cm³/mol. The number of carbonyl (C=O) groups is 1. The summed E-state index contributed by atoms with van der Waals surface area (Å²) in [6.45, 7) is 1.36. The van der Waals surface area contributed by atoms with Gasteiger partial charge >= 0.3 is 6.18 Å². The van der Waals surface area contributed by atoms with Gasteiger partial charge in [-0.15, -0.1) is 0 Å². The van der Waals surface area contributed by atoms with E-state index in [1.165, 1.54) is 6.92 Å². The number of hydrogen-bond donors (Lipinski definition) is 3. The highest BCUT2D eigenvalue weighted by Gasteiger charge is 2.30. The molecule has 0 aliphatic heterocycles. The second-order valence-electron chi connectivity index (χ2n) is 6.20. The summed E-state index contributed by atoms with van der Waals surface area (Å²) in [7, 11) is -3.85. The van der Waals surface area contributed by atoms with E-state index in [0.29, 0.717) is 16.6 Å². The number of rotatable bonds is 5. The van der Waals surface area contributed by atoms with Gasteiger partial charge in [0, 0.05) is 29.7 Å². The van der Waals surface area contributed by atoms with Gasteiger partial charge in [0.25, 0.3) is 0 Å². The molecule has 1 aromatic heterocycles. The number of aromatic nitrogens is 1. The molecule has 0 fully saturated rings. The van der Waals surface area contributed by atoms with E-state index in [4.69, 9.17) is 0 Å². The van der Waals surface area contributed by atoms with Crippen LogP contribution in [0.3, 0.4) is 0 Å². The molecule has 0 spiro atoms. The van der Waals surface area contributed by atoms with Crippen LogP contribution in [0.4, 0.5) is 24.5 Å². The molecule has 1 heterocycles. The van der Waals surface area contributed by atoms with Crippen LogP contribution in [-0.4, -0.2) is 19.3 Å². The number of amides is 1. The molecule has 0 aliphatic carbocycles. The molecular formula is C18H16F3N3O3S. The molecule has 6 nitrogen and oxygen atoms in total. The Kier molecular flexibility index (Phi) is 5.07. The highest BCUT2D eigenvalue weighted by atomic mass is 32.2. The normalized spacial score (nSPS) is 12.1. The van der Waals surface area contributed by atoms with Crippen LogP contribution in [0, 0.1) is 0 Å². The van der Waals surface area contributed by atoms with Crippen LogP contribution in [0.5, 0.6) is 0 Å². The largest absolute Gasteiger partial charge is 0.416 e. The fourth-order valence-corrected chi connectivity index (χ4v) is 3.90. The minimum absolute atomic E-state index is 0.0367. The Morgan fingerprint density at radius 3 is 2.39 bits per heavy atom. The van der Waals surface area contributed by atoms with Crippen molar-refractivity contribution in [3.05, 3.63) is 59.8 Å². The molecule has 1 amide bonds. The van der Waals surface area contributed by atoms with Crippen molar-refractivity contribution in [3.8, 4) is 0 Å². The average Bonchev–Trinajstić information content (AvgIpc) is 2.95. The van der Waals surface area contributed by atoms with Crippen LogP contribution in [0.2, 0.25) is 0 Å². The average molecular weight is 411 g/mol. The lowest BCUT2D eigenvalue weighted by Gasteiger charge is -2.10. The predicted octanol–water partition coefficient (Wildman–Crippen LogP) is 4.09. The molecule has 0 aliphatic rings. The van der Waals surface area contributed by atoms with Gasteiger partial charge < -0.3 is 10.3 Å². The minimum Gasteiger partial charge on any atom is -0.359 e. The van der Waals surface area contributed by atoms with Crippen LogP contribution in [0.15, 0.2) is 48.7 Å². The number of H-pyrrole nitrogens is 1. The SMILES string of the molecule is CC(=O)Nc1c[nH]c2ccc(CS(=O)(=O)Nc3ccc(C(F)(F)F)cc3)cc12. The number of alkyl halides is 3. The van der Waals surface area contributed by atoms with E-state index in [1.54, 1.807) is 24.4 Å². The Hall–Kier alpha value is -3.01. The Morgan fingerprint density at radius 1 is 1.11 bits per heavy atom. The monoisotopic (exact) mass is 411 g/mol. The zero-order chi connectivity index (χ0) is 20.5. The number of benzene rings is 2. The third-order valence-corrected chi connectivity index (χ3v) is 5.16. The van der Waals surface area contributed by atoms with Crippen molar-refractivity contribution in [3.63, 3.8) is 0 Å². The Labute approximate surface area is 158 Å². The highest BCUT2D eigenvalue weighted by Crippen LogP contribution is 2.30. The summed E-state index contributed by atoms with van der Waals surface area (Å²) in [5.41, 5.74) is 0.879. The van der Waals surface area contributed by atoms with Gasteiger partial charge in [0.2, 0.25) is 15.9 Å². The van der Waals surface area contributed by atoms with Gasteiger partial charge in [0.05, 0.1) is 17.0 Å². The molecule has 0 saturated heterocycles. The number of halogens is 3. The molecule has 3 aromatic rings. The maximum absolute atomic E-state index is 12.6. The quantitative estimate of drug-likeness (QED) is 0.591. The molecule has 148 valence electrons. The van der Waals surface area contributed by atoms with Gasteiger partial charge in [-0.25, -0.2) is 8.42 Å². The topological polar surface area (TPSA) is 91.1 Å². The van der Waals surface area contributed by atoms with Crippen LogP contribution < -0.4 is 10.0 Å². The summed E-state index contributed by atoms with van der Waals surface area (Å²) in [6.07, 6.45) is -2.89. The molecule has 10 heteroatoms. The molecule has 0 radical (unpaired) electrons. The lowest BCUT2D eigenvalue weighted by atomic mass is 10.1. The molecule has 3 N–H and O–H groups in total. The summed E-state index contributed by atoms with van der Waals surface area (Å²) >= 11 is 0. The smallest absolute Gasteiger partial charge is 0.359 e. The van der Waals surface area contributed by atoms with Gasteiger partial charge in [0.15, 0.2) is 0 Å². The molecule has 0 bridgehead atoms. The standard InChI is InChI=1S/C18H16F3N3O3S/c1-11(25)23-17-9-22-16-7-2-12(8-15(16)17)10-28(26,27)24-14-5-3-13(4-6-14)18(19,20)21/h2-9,22,24H,10H2,1H3,(H,23,25). The lowest BCUT2D eigenvalue weighted by Crippen LogP contribution is -2.15. The van der Waals surface area contributed by atoms with Crippen LogP contribution in [0.1, 0.15) is 18.1 Å². The molecule has 0 saturated carbocycles. The first-order chi connectivity index (χ1) is 13.0. The number of nitrogens with one attached hydrogen (secondary N) is 3. The van der Waals surface area contributed by atoms with E-state index in [2.05, 4.69) is 15.0 Å². The van der Waals surface area contributed by atoms with Gasteiger partial charge in [-0.1, -0.05) is 6.07 Å². The number of carbonyl (C=O) groups excluding carboxylic acids is 1. The zero-order valence-electron chi connectivity index (χ0n) is 14.6. The number of anilines is 2. The second kappa shape index (κ2) is 7.19. The molecular weight excluding hydrogens is 395 g/mol. The number of hydrogen-bond acceptors (Lipinski definition) is 3. The second-order valence-corrected chi connectivity index (χ2v) is 7.92. The minimum atomic E-state index is -4.49. The van der Waals surface area contributed by atoms with Crippen molar-refractivity contribution in [1.82, 2.24) is 4.98 Å². The highest BCUT2D eigenvalue weighted by molar-refractivity contribution is 7.91. The molecule has 3 rings (SSSR count). The van der Waals surface area contributed by atoms with Crippen molar-refractivity contribution in [2.24, 2.45) is 0 Å². The summed E-state index contributed by atoms with van der Waals surface area (Å²) in [6, 6.07) is 8.66. The Balaban J connectivity index is 1.79. The lowest BCUT2D eigenvalue weighted by molar-refractivity contribution is -0.137. The van der Waals surface area contributed by atoms with Crippen LogP contribution in [-0.2, 0) is 26.7 Å². The third-order valence-electron chi connectivity index (χ3n) is 3.90. The van der Waals surface area contributed by atoms with E-state index < -0.39 is 21.8 Å². The number of aromatic amines is 1. The molecule has 0 atom stereocenters. The van der Waals surface area contributed by atoms with E-state index >= 15 is 0 Å². The van der Waals surface area contributed by atoms with E-state index in [0.717, 1.165) is 29.8 Å². The first kappa shape index (κ1) is 19.7. The van der Waals surface area contributed by atoms with Gasteiger partial charge in [0.1, 0.15) is 0 Å². The van der Waals surface area contributed by atoms with Crippen LogP contribution >= 0.6 is 0 Å². The molecule has 28 heavy (non-hydrogen) atoms. The Morgan fingerprint density at radius 2 is 1.79 bits per heavy atom. The van der Waals surface area contributed by atoms with Crippen molar-refractivity contribution in [2.45, 2.75) is 18.9 Å². The third kappa shape index (κ3) is 4.63. The molecule has 2 aromatic carbocycles. The first-order valence-electron chi connectivity index (χ1n) is 8.09. The number of fused-ring (bicyclic) bond motifs is 1. The summed E-state index contributed by atoms with van der Waals surface area (Å²) in [5, 5.41) is 3.30.